The van der Waals surface area contributed by atoms with E-state index in [-0.39, 0.29) is 11.3 Å². The van der Waals surface area contributed by atoms with Gasteiger partial charge in [-0.3, -0.25) is 4.90 Å². The molecule has 0 radical (unpaired) electrons. The van der Waals surface area contributed by atoms with E-state index >= 15 is 0 Å². The van der Waals surface area contributed by atoms with E-state index in [1.807, 2.05) is 24.3 Å². The molecule has 144 valence electrons. The van der Waals surface area contributed by atoms with Gasteiger partial charge in [-0.1, -0.05) is 23.7 Å². The van der Waals surface area contributed by atoms with E-state index < -0.39 is 12.1 Å². The molecule has 1 heterocycles. The maximum atomic E-state index is 11.4. The standard InChI is InChI=1S/C20H23ClN2O4/c1-27-19-6-5-14(11-17(19)20(25)26)18(24)13-22-7-9-23(10-8-22)16-4-2-3-15(21)12-16/h2-6,11-12,18,24H,7-10,13H2,1H3,(H,25,26). The lowest BCUT2D eigenvalue weighted by Gasteiger charge is -2.37. The highest BCUT2D eigenvalue weighted by atomic mass is 35.5. The number of ether oxygens (including phenoxy) is 1. The Bertz CT molecular complexity index is 806. The van der Waals surface area contributed by atoms with Crippen LogP contribution in [0.4, 0.5) is 5.69 Å². The first kappa shape index (κ1) is 19.5. The Morgan fingerprint density at radius 1 is 1.19 bits per heavy atom. The van der Waals surface area contributed by atoms with Gasteiger partial charge in [0.15, 0.2) is 0 Å². The minimum Gasteiger partial charge on any atom is -0.496 e. The third-order valence-corrected chi connectivity index (χ3v) is 5.05. The number of halogens is 1. The summed E-state index contributed by atoms with van der Waals surface area (Å²) in [6.07, 6.45) is -0.758. The van der Waals surface area contributed by atoms with Crippen LogP contribution in [0, 0.1) is 0 Å². The maximum absolute atomic E-state index is 11.4. The first-order valence-corrected chi connectivity index (χ1v) is 9.18. The van der Waals surface area contributed by atoms with Crippen LogP contribution in [-0.2, 0) is 0 Å². The summed E-state index contributed by atoms with van der Waals surface area (Å²) in [6, 6.07) is 12.6. The lowest BCUT2D eigenvalue weighted by Crippen LogP contribution is -2.47. The topological polar surface area (TPSA) is 73.2 Å². The van der Waals surface area contributed by atoms with Crippen LogP contribution in [0.5, 0.6) is 5.75 Å². The number of nitrogens with zero attached hydrogens (tertiary/aromatic N) is 2. The molecule has 27 heavy (non-hydrogen) atoms. The molecular formula is C20H23ClN2O4. The summed E-state index contributed by atoms with van der Waals surface area (Å²) in [5, 5.41) is 20.6. The average molecular weight is 391 g/mol. The fourth-order valence-electron chi connectivity index (χ4n) is 3.31. The molecule has 2 N–H and O–H groups in total. The number of hydrogen-bond donors (Lipinski definition) is 2. The summed E-state index contributed by atoms with van der Waals surface area (Å²) in [7, 11) is 1.43. The minimum absolute atomic E-state index is 0.0554. The van der Waals surface area contributed by atoms with Crippen LogP contribution in [0.2, 0.25) is 5.02 Å². The molecule has 1 unspecified atom stereocenters. The zero-order valence-electron chi connectivity index (χ0n) is 15.1. The number of carboxylic acids is 1. The van der Waals surface area contributed by atoms with Gasteiger partial charge in [0.25, 0.3) is 0 Å². The van der Waals surface area contributed by atoms with Crippen LogP contribution >= 0.6 is 11.6 Å². The molecule has 0 aliphatic carbocycles. The molecule has 0 spiro atoms. The lowest BCUT2D eigenvalue weighted by atomic mass is 10.0. The number of aromatic carboxylic acids is 1. The SMILES string of the molecule is COc1ccc(C(O)CN2CCN(c3cccc(Cl)c3)CC2)cc1C(=O)O. The predicted octanol–water partition coefficient (Wildman–Crippen LogP) is 2.90. The molecular weight excluding hydrogens is 368 g/mol. The van der Waals surface area contributed by atoms with Crippen LogP contribution in [0.15, 0.2) is 42.5 Å². The molecule has 1 saturated heterocycles. The van der Waals surface area contributed by atoms with Gasteiger partial charge >= 0.3 is 5.97 Å². The van der Waals surface area contributed by atoms with Gasteiger partial charge in [0.1, 0.15) is 11.3 Å². The summed E-state index contributed by atoms with van der Waals surface area (Å²) in [6.45, 7) is 3.76. The number of carbonyl (C=O) groups is 1. The Kier molecular flexibility index (Phi) is 6.21. The van der Waals surface area contributed by atoms with E-state index in [0.29, 0.717) is 12.1 Å². The number of β-amino-alcohol motifs (C(OH)–C–C–N with tert-alkyl or cyclic N) is 1. The molecule has 1 fully saturated rings. The minimum atomic E-state index is -1.07. The largest absolute Gasteiger partial charge is 0.496 e. The summed E-state index contributed by atoms with van der Waals surface area (Å²) in [5.74, 6) is -0.787. The van der Waals surface area contributed by atoms with E-state index in [9.17, 15) is 15.0 Å². The summed E-state index contributed by atoms with van der Waals surface area (Å²) >= 11 is 6.07. The third-order valence-electron chi connectivity index (χ3n) is 4.82. The smallest absolute Gasteiger partial charge is 0.339 e. The number of rotatable bonds is 6. The highest BCUT2D eigenvalue weighted by molar-refractivity contribution is 6.30. The molecule has 6 nitrogen and oxygen atoms in total. The van der Waals surface area contributed by atoms with Gasteiger partial charge in [-0.2, -0.15) is 0 Å². The fourth-order valence-corrected chi connectivity index (χ4v) is 3.50. The second kappa shape index (κ2) is 8.61. The maximum Gasteiger partial charge on any atom is 0.339 e. The van der Waals surface area contributed by atoms with Crippen LogP contribution in [-0.4, -0.2) is 60.9 Å². The second-order valence-corrected chi connectivity index (χ2v) is 6.98. The first-order valence-electron chi connectivity index (χ1n) is 8.80. The van der Waals surface area contributed by atoms with E-state index in [1.54, 1.807) is 12.1 Å². The number of carboxylic acid groups (broad SMARTS) is 1. The molecule has 2 aromatic rings. The van der Waals surface area contributed by atoms with Crippen molar-refractivity contribution in [3.8, 4) is 5.75 Å². The van der Waals surface area contributed by atoms with Gasteiger partial charge in [0, 0.05) is 43.4 Å². The molecule has 1 aliphatic heterocycles. The number of piperazine rings is 1. The number of benzene rings is 2. The third kappa shape index (κ3) is 4.71. The number of aliphatic hydroxyl groups is 1. The molecule has 0 saturated carbocycles. The van der Waals surface area contributed by atoms with Crippen molar-refractivity contribution in [1.29, 1.82) is 0 Å². The number of methoxy groups -OCH3 is 1. The Morgan fingerprint density at radius 3 is 2.56 bits per heavy atom. The molecule has 1 aliphatic rings. The van der Waals surface area contributed by atoms with E-state index in [0.717, 1.165) is 36.9 Å². The van der Waals surface area contributed by atoms with Gasteiger partial charge in [0.05, 0.1) is 13.2 Å². The van der Waals surface area contributed by atoms with Gasteiger partial charge in [0.2, 0.25) is 0 Å². The van der Waals surface area contributed by atoms with Gasteiger partial charge in [-0.25, -0.2) is 4.79 Å². The lowest BCUT2D eigenvalue weighted by molar-refractivity contribution is 0.0692. The van der Waals surface area contributed by atoms with Crippen molar-refractivity contribution >= 4 is 23.3 Å². The normalized spacial score (nSPS) is 16.2. The fraction of sp³-hybridized carbons (Fsp3) is 0.350. The molecule has 0 aromatic heterocycles. The van der Waals surface area contributed by atoms with Crippen molar-refractivity contribution in [3.63, 3.8) is 0 Å². The molecule has 2 aromatic carbocycles. The van der Waals surface area contributed by atoms with Crippen molar-refractivity contribution in [1.82, 2.24) is 4.90 Å². The molecule has 0 bridgehead atoms. The highest BCUT2D eigenvalue weighted by Gasteiger charge is 2.22. The highest BCUT2D eigenvalue weighted by Crippen LogP contribution is 2.25. The summed E-state index contributed by atoms with van der Waals surface area (Å²) < 4.78 is 5.07. The van der Waals surface area contributed by atoms with Crippen LogP contribution in [0.3, 0.4) is 0 Å². The van der Waals surface area contributed by atoms with Crippen molar-refractivity contribution < 1.29 is 19.7 Å². The number of aliphatic hydroxyl groups excluding tert-OH is 1. The molecule has 3 rings (SSSR count). The Hall–Kier alpha value is -2.28. The van der Waals surface area contributed by atoms with E-state index in [1.165, 1.54) is 13.2 Å². The monoisotopic (exact) mass is 390 g/mol. The molecule has 7 heteroatoms. The van der Waals surface area contributed by atoms with E-state index in [2.05, 4.69) is 9.80 Å². The number of hydrogen-bond acceptors (Lipinski definition) is 5. The quantitative estimate of drug-likeness (QED) is 0.790. The van der Waals surface area contributed by atoms with Crippen LogP contribution in [0.25, 0.3) is 0 Å². The second-order valence-electron chi connectivity index (χ2n) is 6.55. The summed E-state index contributed by atoms with van der Waals surface area (Å²) in [5.41, 5.74) is 1.73. The molecule has 0 amide bonds. The van der Waals surface area contributed by atoms with Crippen molar-refractivity contribution in [2.24, 2.45) is 0 Å². The predicted molar refractivity (Wildman–Crippen MR) is 105 cm³/mol. The number of anilines is 1. The zero-order chi connectivity index (χ0) is 19.4. The van der Waals surface area contributed by atoms with Gasteiger partial charge in [-0.15, -0.1) is 0 Å². The Balaban J connectivity index is 1.60. The van der Waals surface area contributed by atoms with Crippen molar-refractivity contribution in [2.75, 3.05) is 44.7 Å². The Labute approximate surface area is 163 Å². The van der Waals surface area contributed by atoms with Gasteiger partial charge < -0.3 is 19.8 Å². The molecule has 1 atom stereocenters. The zero-order valence-corrected chi connectivity index (χ0v) is 15.9. The van der Waals surface area contributed by atoms with Gasteiger partial charge in [-0.05, 0) is 35.9 Å². The van der Waals surface area contributed by atoms with Crippen molar-refractivity contribution in [2.45, 2.75) is 6.10 Å². The van der Waals surface area contributed by atoms with Crippen LogP contribution < -0.4 is 9.64 Å². The Morgan fingerprint density at radius 2 is 1.93 bits per heavy atom. The average Bonchev–Trinajstić information content (AvgIpc) is 2.68. The summed E-state index contributed by atoms with van der Waals surface area (Å²) in [4.78, 5) is 15.8. The first-order chi connectivity index (χ1) is 13.0. The van der Waals surface area contributed by atoms with Crippen LogP contribution in [0.1, 0.15) is 22.0 Å². The van der Waals surface area contributed by atoms with Crippen molar-refractivity contribution in [3.05, 3.63) is 58.6 Å². The van der Waals surface area contributed by atoms with E-state index in [4.69, 9.17) is 16.3 Å².